The van der Waals surface area contributed by atoms with Crippen LogP contribution < -0.4 is 9.62 Å². The van der Waals surface area contributed by atoms with Gasteiger partial charge in [-0.3, -0.25) is 4.31 Å². The van der Waals surface area contributed by atoms with Crippen LogP contribution in [0.5, 0.6) is 0 Å². The highest BCUT2D eigenvalue weighted by Gasteiger charge is 2.31. The van der Waals surface area contributed by atoms with Crippen molar-refractivity contribution >= 4 is 33.2 Å². The Hall–Kier alpha value is -1.66. The number of nitrogens with zero attached hydrogens (tertiary/aromatic N) is 1. The second-order valence-electron chi connectivity index (χ2n) is 5.39. The lowest BCUT2D eigenvalue weighted by Gasteiger charge is -2.22. The van der Waals surface area contributed by atoms with Gasteiger partial charge in [0, 0.05) is 29.4 Å². The summed E-state index contributed by atoms with van der Waals surface area (Å²) in [5.41, 5.74) is 2.82. The Balaban J connectivity index is 1.76. The maximum Gasteiger partial charge on any atom is 0.264 e. The third-order valence-electron chi connectivity index (χ3n) is 4.06. The lowest BCUT2D eigenvalue weighted by molar-refractivity contribution is 0.592. The number of sulfonamides is 1. The molecule has 2 heterocycles. The summed E-state index contributed by atoms with van der Waals surface area (Å²) in [4.78, 5) is 1.48. The molecule has 2 aromatic carbocycles. The van der Waals surface area contributed by atoms with Crippen LogP contribution in [0.3, 0.4) is 0 Å². The second kappa shape index (κ2) is 5.21. The fraction of sp³-hybridized carbons (Fsp3) is 0.250. The van der Waals surface area contributed by atoms with Crippen molar-refractivity contribution in [1.82, 2.24) is 0 Å². The molecular weight excluding hydrogens is 316 g/mol. The molecule has 0 atom stereocenters. The van der Waals surface area contributed by atoms with Crippen molar-refractivity contribution in [1.29, 1.82) is 0 Å². The minimum Gasteiger partial charge on any atom is -0.383 e. The molecule has 4 rings (SSSR count). The molecular formula is C16H16N2O2S2. The molecule has 0 aromatic heterocycles. The van der Waals surface area contributed by atoms with E-state index in [0.717, 1.165) is 40.6 Å². The molecule has 114 valence electrons. The number of benzene rings is 2. The first-order chi connectivity index (χ1) is 10.7. The van der Waals surface area contributed by atoms with E-state index in [1.807, 2.05) is 30.3 Å². The maximum atomic E-state index is 13.0. The van der Waals surface area contributed by atoms with E-state index in [9.17, 15) is 8.42 Å². The molecule has 0 radical (unpaired) electrons. The summed E-state index contributed by atoms with van der Waals surface area (Å²) in [7, 11) is -3.50. The molecule has 2 aliphatic heterocycles. The van der Waals surface area contributed by atoms with E-state index in [2.05, 4.69) is 5.32 Å². The van der Waals surface area contributed by atoms with Crippen molar-refractivity contribution in [2.75, 3.05) is 28.5 Å². The van der Waals surface area contributed by atoms with E-state index >= 15 is 0 Å². The van der Waals surface area contributed by atoms with Crippen LogP contribution in [-0.2, 0) is 16.4 Å². The van der Waals surface area contributed by atoms with Crippen LogP contribution in [-0.4, -0.2) is 27.3 Å². The molecule has 0 fully saturated rings. The van der Waals surface area contributed by atoms with Crippen molar-refractivity contribution in [3.05, 3.63) is 48.0 Å². The predicted octanol–water partition coefficient (Wildman–Crippen LogP) is 2.96. The van der Waals surface area contributed by atoms with Crippen LogP contribution in [0.15, 0.2) is 52.3 Å². The van der Waals surface area contributed by atoms with E-state index in [-0.39, 0.29) is 0 Å². The number of anilines is 2. The van der Waals surface area contributed by atoms with Gasteiger partial charge in [-0.25, -0.2) is 8.42 Å². The highest BCUT2D eigenvalue weighted by atomic mass is 32.2. The van der Waals surface area contributed by atoms with Gasteiger partial charge >= 0.3 is 0 Å². The average Bonchev–Trinajstić information content (AvgIpc) is 2.99. The first kappa shape index (κ1) is 14.0. The van der Waals surface area contributed by atoms with Gasteiger partial charge in [-0.05, 0) is 36.2 Å². The molecule has 0 aliphatic carbocycles. The summed E-state index contributed by atoms with van der Waals surface area (Å²) in [5.74, 6) is 1.01. The van der Waals surface area contributed by atoms with E-state index in [1.165, 1.54) is 4.31 Å². The van der Waals surface area contributed by atoms with Crippen molar-refractivity contribution < 1.29 is 8.42 Å². The largest absolute Gasteiger partial charge is 0.383 e. The Bertz CT molecular complexity index is 834. The van der Waals surface area contributed by atoms with E-state index in [1.54, 1.807) is 23.9 Å². The number of para-hydroxylation sites is 1. The highest BCUT2D eigenvalue weighted by Crippen LogP contribution is 2.36. The second-order valence-corrected chi connectivity index (χ2v) is 8.39. The fourth-order valence-corrected chi connectivity index (χ4v) is 5.37. The molecule has 2 aromatic rings. The fourth-order valence-electron chi connectivity index (χ4n) is 2.97. The smallest absolute Gasteiger partial charge is 0.264 e. The molecule has 2 aliphatic rings. The van der Waals surface area contributed by atoms with E-state index in [0.29, 0.717) is 11.4 Å². The van der Waals surface area contributed by atoms with Crippen molar-refractivity contribution in [3.63, 3.8) is 0 Å². The molecule has 0 saturated heterocycles. The zero-order valence-electron chi connectivity index (χ0n) is 12.0. The summed E-state index contributed by atoms with van der Waals surface area (Å²) in [6, 6.07) is 13.1. The number of hydrogen-bond donors (Lipinski definition) is 1. The normalized spacial score (nSPS) is 16.8. The van der Waals surface area contributed by atoms with Gasteiger partial charge < -0.3 is 5.32 Å². The van der Waals surface area contributed by atoms with Crippen LogP contribution in [0, 0.1) is 0 Å². The Morgan fingerprint density at radius 3 is 2.91 bits per heavy atom. The molecule has 0 amide bonds. The number of rotatable bonds is 2. The highest BCUT2D eigenvalue weighted by molar-refractivity contribution is 7.99. The van der Waals surface area contributed by atoms with Crippen molar-refractivity contribution in [2.24, 2.45) is 0 Å². The zero-order chi connectivity index (χ0) is 15.2. The minimum absolute atomic E-state index is 0.359. The molecule has 0 unspecified atom stereocenters. The lowest BCUT2D eigenvalue weighted by atomic mass is 10.2. The van der Waals surface area contributed by atoms with Gasteiger partial charge in [0.2, 0.25) is 0 Å². The summed E-state index contributed by atoms with van der Waals surface area (Å²) < 4.78 is 27.5. The minimum atomic E-state index is -3.50. The lowest BCUT2D eigenvalue weighted by Crippen LogP contribution is -2.29. The summed E-state index contributed by atoms with van der Waals surface area (Å²) >= 11 is 1.76. The van der Waals surface area contributed by atoms with Gasteiger partial charge in [-0.15, -0.1) is 11.8 Å². The zero-order valence-corrected chi connectivity index (χ0v) is 13.6. The first-order valence-electron chi connectivity index (χ1n) is 7.28. The summed E-state index contributed by atoms with van der Waals surface area (Å²) in [6.07, 6.45) is 0.772. The van der Waals surface area contributed by atoms with Gasteiger partial charge in [-0.2, -0.15) is 0 Å². The summed E-state index contributed by atoms with van der Waals surface area (Å²) in [6.45, 7) is 1.38. The standard InChI is InChI=1S/C16H16N2O2S2/c19-22(20,18-9-7-12-3-1-2-4-15(12)18)13-5-6-16-14(11-13)17-8-10-21-16/h1-6,11,17H,7-10H2. The van der Waals surface area contributed by atoms with Gasteiger partial charge in [0.25, 0.3) is 10.0 Å². The number of thioether (sulfide) groups is 1. The van der Waals surface area contributed by atoms with E-state index < -0.39 is 10.0 Å². The molecule has 6 heteroatoms. The van der Waals surface area contributed by atoms with Crippen LogP contribution in [0.25, 0.3) is 0 Å². The Morgan fingerprint density at radius 2 is 2.00 bits per heavy atom. The average molecular weight is 332 g/mol. The number of hydrogen-bond acceptors (Lipinski definition) is 4. The topological polar surface area (TPSA) is 49.4 Å². The van der Waals surface area contributed by atoms with Crippen molar-refractivity contribution in [3.8, 4) is 0 Å². The molecule has 22 heavy (non-hydrogen) atoms. The molecule has 1 N–H and O–H groups in total. The van der Waals surface area contributed by atoms with Gasteiger partial charge in [0.15, 0.2) is 0 Å². The maximum absolute atomic E-state index is 13.0. The summed E-state index contributed by atoms with van der Waals surface area (Å²) in [5, 5.41) is 3.28. The van der Waals surface area contributed by atoms with Gasteiger partial charge in [0.05, 0.1) is 10.6 Å². The number of nitrogens with one attached hydrogen (secondary N) is 1. The molecule has 0 bridgehead atoms. The van der Waals surface area contributed by atoms with Crippen LogP contribution >= 0.6 is 11.8 Å². The Morgan fingerprint density at radius 1 is 1.14 bits per heavy atom. The SMILES string of the molecule is O=S(=O)(c1ccc2c(c1)NCCS2)N1CCc2ccccc21. The van der Waals surface area contributed by atoms with Gasteiger partial charge in [-0.1, -0.05) is 18.2 Å². The number of fused-ring (bicyclic) bond motifs is 2. The first-order valence-corrected chi connectivity index (χ1v) is 9.70. The van der Waals surface area contributed by atoms with Gasteiger partial charge in [0.1, 0.15) is 0 Å². The molecule has 0 spiro atoms. The van der Waals surface area contributed by atoms with Crippen LogP contribution in [0.1, 0.15) is 5.56 Å². The molecule has 4 nitrogen and oxygen atoms in total. The van der Waals surface area contributed by atoms with Crippen molar-refractivity contribution in [2.45, 2.75) is 16.2 Å². The third-order valence-corrected chi connectivity index (χ3v) is 6.94. The third kappa shape index (κ3) is 2.18. The Kier molecular flexibility index (Phi) is 3.31. The van der Waals surface area contributed by atoms with Crippen LogP contribution in [0.4, 0.5) is 11.4 Å². The van der Waals surface area contributed by atoms with Crippen LogP contribution in [0.2, 0.25) is 0 Å². The quantitative estimate of drug-likeness (QED) is 0.918. The Labute approximate surface area is 134 Å². The monoisotopic (exact) mass is 332 g/mol. The molecule has 0 saturated carbocycles. The van der Waals surface area contributed by atoms with E-state index in [4.69, 9.17) is 0 Å². The predicted molar refractivity (Wildman–Crippen MR) is 90.3 cm³/mol.